The first-order chi connectivity index (χ1) is 7.22. The van der Waals surface area contributed by atoms with Crippen molar-refractivity contribution in [2.24, 2.45) is 0 Å². The van der Waals surface area contributed by atoms with E-state index in [4.69, 9.17) is 0 Å². The summed E-state index contributed by atoms with van der Waals surface area (Å²) in [6.45, 7) is 3.68. The molecule has 1 aromatic heterocycles. The van der Waals surface area contributed by atoms with Crippen LogP contribution < -0.4 is 0 Å². The van der Waals surface area contributed by atoms with E-state index in [0.29, 0.717) is 12.2 Å². The van der Waals surface area contributed by atoms with Crippen LogP contribution in [0, 0.1) is 0 Å². The fraction of sp³-hybridized carbons (Fsp3) is 0.0833. The molecule has 2 aromatic rings. The molecule has 76 valence electrons. The van der Waals surface area contributed by atoms with Gasteiger partial charge in [0.2, 0.25) is 0 Å². The first-order valence-electron chi connectivity index (χ1n) is 4.59. The largest absolute Gasteiger partial charge is 0.508 e. The van der Waals surface area contributed by atoms with Crippen LogP contribution in [-0.4, -0.2) is 10.1 Å². The third kappa shape index (κ3) is 1.88. The number of aromatic nitrogens is 1. The highest BCUT2D eigenvalue weighted by molar-refractivity contribution is 9.10. The van der Waals surface area contributed by atoms with Gasteiger partial charge < -0.3 is 5.11 Å². The zero-order chi connectivity index (χ0) is 10.8. The van der Waals surface area contributed by atoms with Gasteiger partial charge in [0.05, 0.1) is 5.52 Å². The molecule has 0 fully saturated rings. The van der Waals surface area contributed by atoms with Crippen molar-refractivity contribution in [3.8, 4) is 5.75 Å². The van der Waals surface area contributed by atoms with Gasteiger partial charge >= 0.3 is 0 Å². The lowest BCUT2D eigenvalue weighted by molar-refractivity contribution is 0.471. The van der Waals surface area contributed by atoms with E-state index in [9.17, 15) is 5.11 Å². The van der Waals surface area contributed by atoms with Crippen LogP contribution in [0.2, 0.25) is 0 Å². The summed E-state index contributed by atoms with van der Waals surface area (Å²) < 4.78 is 0.908. The number of nitrogens with zero attached hydrogens (tertiary/aromatic N) is 1. The fourth-order valence-corrected chi connectivity index (χ4v) is 1.91. The lowest BCUT2D eigenvalue weighted by Crippen LogP contribution is -1.88. The van der Waals surface area contributed by atoms with E-state index < -0.39 is 0 Å². The van der Waals surface area contributed by atoms with Crippen LogP contribution in [0.25, 0.3) is 10.9 Å². The maximum absolute atomic E-state index is 9.74. The Balaban J connectivity index is 2.77. The number of phenolic OH excluding ortho intramolecular Hbond substituents is 1. The number of rotatable bonds is 2. The minimum Gasteiger partial charge on any atom is -0.508 e. The van der Waals surface area contributed by atoms with E-state index in [1.165, 1.54) is 0 Å². The van der Waals surface area contributed by atoms with Crippen molar-refractivity contribution >= 4 is 26.8 Å². The Morgan fingerprint density at radius 1 is 1.47 bits per heavy atom. The number of pyridine rings is 1. The maximum atomic E-state index is 9.74. The van der Waals surface area contributed by atoms with Crippen LogP contribution in [0.15, 0.2) is 41.5 Å². The van der Waals surface area contributed by atoms with E-state index in [1.54, 1.807) is 18.3 Å². The summed E-state index contributed by atoms with van der Waals surface area (Å²) in [5.41, 5.74) is 1.75. The summed E-state index contributed by atoms with van der Waals surface area (Å²) in [5, 5.41) is 10.7. The molecule has 0 aliphatic carbocycles. The second-order valence-corrected chi connectivity index (χ2v) is 4.19. The molecule has 0 radical (unpaired) electrons. The molecule has 0 aliphatic rings. The standard InChI is InChI=1S/C12H10BrNO/c1-2-3-9-10-6-8(13)7-14-11(10)4-5-12(9)15/h2,4-7,15H,1,3H2. The third-order valence-corrected chi connectivity index (χ3v) is 2.70. The number of allylic oxidation sites excluding steroid dienone is 1. The van der Waals surface area contributed by atoms with Crippen molar-refractivity contribution in [1.29, 1.82) is 0 Å². The van der Waals surface area contributed by atoms with Crippen molar-refractivity contribution in [3.05, 3.63) is 47.1 Å². The Morgan fingerprint density at radius 3 is 3.00 bits per heavy atom. The molecule has 0 saturated carbocycles. The van der Waals surface area contributed by atoms with Crippen LogP contribution in [0.5, 0.6) is 5.75 Å². The highest BCUT2D eigenvalue weighted by Crippen LogP contribution is 2.28. The molecule has 2 nitrogen and oxygen atoms in total. The average Bonchev–Trinajstić information content (AvgIpc) is 2.23. The minimum absolute atomic E-state index is 0.294. The van der Waals surface area contributed by atoms with Crippen LogP contribution in [0.4, 0.5) is 0 Å². The van der Waals surface area contributed by atoms with Gasteiger partial charge in [0, 0.05) is 21.6 Å². The Hall–Kier alpha value is -1.35. The zero-order valence-electron chi connectivity index (χ0n) is 8.07. The summed E-state index contributed by atoms with van der Waals surface area (Å²) in [6.07, 6.45) is 4.16. The summed E-state index contributed by atoms with van der Waals surface area (Å²) in [5.74, 6) is 0.294. The monoisotopic (exact) mass is 263 g/mol. The summed E-state index contributed by atoms with van der Waals surface area (Å²) >= 11 is 3.37. The van der Waals surface area contributed by atoms with Gasteiger partial charge in [0.25, 0.3) is 0 Å². The molecule has 0 spiro atoms. The molecule has 0 saturated heterocycles. The molecule has 1 N–H and O–H groups in total. The molecule has 0 bridgehead atoms. The van der Waals surface area contributed by atoms with E-state index in [1.807, 2.05) is 12.1 Å². The quantitative estimate of drug-likeness (QED) is 0.843. The molecule has 1 aromatic carbocycles. The van der Waals surface area contributed by atoms with E-state index in [-0.39, 0.29) is 0 Å². The van der Waals surface area contributed by atoms with Crippen molar-refractivity contribution in [2.45, 2.75) is 6.42 Å². The Kier molecular flexibility index (Phi) is 2.73. The van der Waals surface area contributed by atoms with Gasteiger partial charge in [-0.1, -0.05) is 6.08 Å². The number of benzene rings is 1. The van der Waals surface area contributed by atoms with Crippen LogP contribution in [0.1, 0.15) is 5.56 Å². The molecule has 15 heavy (non-hydrogen) atoms. The molecule has 0 aliphatic heterocycles. The summed E-state index contributed by atoms with van der Waals surface area (Å²) in [6, 6.07) is 5.44. The molecule has 1 heterocycles. The topological polar surface area (TPSA) is 33.1 Å². The van der Waals surface area contributed by atoms with E-state index in [0.717, 1.165) is 20.9 Å². The Bertz CT molecular complexity index is 517. The normalized spacial score (nSPS) is 10.5. The zero-order valence-corrected chi connectivity index (χ0v) is 9.66. The molecule has 0 amide bonds. The summed E-state index contributed by atoms with van der Waals surface area (Å²) in [7, 11) is 0. The van der Waals surface area contributed by atoms with Gasteiger partial charge in [0.1, 0.15) is 5.75 Å². The number of hydrogen-bond acceptors (Lipinski definition) is 2. The SMILES string of the molecule is C=CCc1c(O)ccc2ncc(Br)cc12. The minimum atomic E-state index is 0.294. The molecular weight excluding hydrogens is 254 g/mol. The van der Waals surface area contributed by atoms with E-state index >= 15 is 0 Å². The third-order valence-electron chi connectivity index (χ3n) is 2.27. The molecule has 2 rings (SSSR count). The van der Waals surface area contributed by atoms with Gasteiger partial charge in [-0.05, 0) is 40.5 Å². The lowest BCUT2D eigenvalue weighted by atomic mass is 10.0. The summed E-state index contributed by atoms with van der Waals surface area (Å²) in [4.78, 5) is 4.27. The fourth-order valence-electron chi connectivity index (χ4n) is 1.58. The van der Waals surface area contributed by atoms with Gasteiger partial charge in [-0.15, -0.1) is 6.58 Å². The number of hydrogen-bond donors (Lipinski definition) is 1. The molecule has 0 atom stereocenters. The highest BCUT2D eigenvalue weighted by atomic mass is 79.9. The average molecular weight is 264 g/mol. The number of aromatic hydroxyl groups is 1. The van der Waals surface area contributed by atoms with Crippen molar-refractivity contribution in [1.82, 2.24) is 4.98 Å². The smallest absolute Gasteiger partial charge is 0.119 e. The predicted molar refractivity (Wildman–Crippen MR) is 65.0 cm³/mol. The van der Waals surface area contributed by atoms with Crippen molar-refractivity contribution in [3.63, 3.8) is 0 Å². The predicted octanol–water partition coefficient (Wildman–Crippen LogP) is 3.43. The maximum Gasteiger partial charge on any atom is 0.119 e. The van der Waals surface area contributed by atoms with Crippen molar-refractivity contribution in [2.75, 3.05) is 0 Å². The van der Waals surface area contributed by atoms with Crippen molar-refractivity contribution < 1.29 is 5.11 Å². The molecule has 3 heteroatoms. The highest BCUT2D eigenvalue weighted by Gasteiger charge is 2.06. The second kappa shape index (κ2) is 4.03. The lowest BCUT2D eigenvalue weighted by Gasteiger charge is -2.06. The van der Waals surface area contributed by atoms with Crippen LogP contribution in [0.3, 0.4) is 0 Å². The Morgan fingerprint density at radius 2 is 2.27 bits per heavy atom. The van der Waals surface area contributed by atoms with E-state index in [2.05, 4.69) is 27.5 Å². The number of halogens is 1. The van der Waals surface area contributed by atoms with Gasteiger partial charge in [-0.2, -0.15) is 0 Å². The van der Waals surface area contributed by atoms with Crippen LogP contribution >= 0.6 is 15.9 Å². The van der Waals surface area contributed by atoms with Crippen LogP contribution in [-0.2, 0) is 6.42 Å². The Labute approximate surface area is 96.4 Å². The van der Waals surface area contributed by atoms with Gasteiger partial charge in [0.15, 0.2) is 0 Å². The first kappa shape index (κ1) is 10.2. The second-order valence-electron chi connectivity index (χ2n) is 3.28. The van der Waals surface area contributed by atoms with Gasteiger partial charge in [-0.3, -0.25) is 4.98 Å². The molecule has 0 unspecified atom stereocenters. The first-order valence-corrected chi connectivity index (χ1v) is 5.38. The number of fused-ring (bicyclic) bond motifs is 1. The van der Waals surface area contributed by atoms with Gasteiger partial charge in [-0.25, -0.2) is 0 Å². The molecular formula is C12H10BrNO. The number of phenols is 1.